The Morgan fingerprint density at radius 1 is 0.857 bits per heavy atom. The van der Waals surface area contributed by atoms with Crippen molar-refractivity contribution in [3.05, 3.63) is 94.8 Å². The van der Waals surface area contributed by atoms with Gasteiger partial charge in [0, 0.05) is 17.8 Å². The van der Waals surface area contributed by atoms with E-state index in [4.69, 9.17) is 0 Å². The number of nitrogens with one attached hydrogen (secondary N) is 2. The number of hydrogen-bond acceptors (Lipinski definition) is 3. The zero-order valence-electron chi connectivity index (χ0n) is 19.2. The first kappa shape index (κ1) is 25.9. The lowest BCUT2D eigenvalue weighted by Crippen LogP contribution is -2.22. The second-order valence-electron chi connectivity index (χ2n) is 7.80. The minimum atomic E-state index is -4.81. The summed E-state index contributed by atoms with van der Waals surface area (Å²) in [6, 6.07) is 14.7. The molecule has 3 aromatic carbocycles. The molecule has 0 aliphatic rings. The topological polar surface area (TPSA) is 61.4 Å². The van der Waals surface area contributed by atoms with Crippen molar-refractivity contribution in [1.29, 1.82) is 0 Å². The molecule has 0 unspecified atom stereocenters. The van der Waals surface area contributed by atoms with Gasteiger partial charge in [0.1, 0.15) is 5.82 Å². The zero-order valence-corrected chi connectivity index (χ0v) is 19.2. The number of halogens is 4. The fourth-order valence-corrected chi connectivity index (χ4v) is 3.47. The zero-order chi connectivity index (χ0) is 25.6. The molecule has 0 radical (unpaired) electrons. The van der Waals surface area contributed by atoms with Crippen molar-refractivity contribution < 1.29 is 27.2 Å². The van der Waals surface area contributed by atoms with Gasteiger partial charge in [-0.1, -0.05) is 38.1 Å². The summed E-state index contributed by atoms with van der Waals surface area (Å²) >= 11 is 0. The summed E-state index contributed by atoms with van der Waals surface area (Å²) in [6.45, 7) is 6.53. The molecule has 184 valence electrons. The Labute approximate surface area is 200 Å². The summed E-state index contributed by atoms with van der Waals surface area (Å²) in [5.74, 6) is -2.39. The fraction of sp³-hybridized carbons (Fsp3) is 0.231. The first-order valence-electron chi connectivity index (χ1n) is 11.0. The quantitative estimate of drug-likeness (QED) is 0.373. The first-order chi connectivity index (χ1) is 16.6. The molecule has 2 amide bonds. The number of nitrogens with zero attached hydrogens (tertiary/aromatic N) is 1. The van der Waals surface area contributed by atoms with Gasteiger partial charge in [-0.3, -0.25) is 14.5 Å². The highest BCUT2D eigenvalue weighted by Crippen LogP contribution is 2.37. The third kappa shape index (κ3) is 6.66. The standard InChI is InChI=1S/C26H25F4N3O2/c1-3-33(4-2)16-17-9-11-18(12-10-17)24(34)32-23-14-13-19(15-21(23)26(28,29)30)31-25(35)20-7-5-6-8-22(20)27/h5-15H,3-4,16H2,1-2H3,(H,31,35)(H,32,34). The van der Waals surface area contributed by atoms with E-state index in [-0.39, 0.29) is 16.8 Å². The summed E-state index contributed by atoms with van der Waals surface area (Å²) in [5, 5.41) is 4.55. The number of carbonyl (C=O) groups is 2. The van der Waals surface area contributed by atoms with Crippen LogP contribution in [0.25, 0.3) is 0 Å². The van der Waals surface area contributed by atoms with Gasteiger partial charge in [0.05, 0.1) is 16.8 Å². The highest BCUT2D eigenvalue weighted by Gasteiger charge is 2.34. The van der Waals surface area contributed by atoms with E-state index >= 15 is 0 Å². The van der Waals surface area contributed by atoms with Crippen LogP contribution >= 0.6 is 0 Å². The number of amides is 2. The molecule has 0 fully saturated rings. The molecule has 0 bridgehead atoms. The largest absolute Gasteiger partial charge is 0.418 e. The number of benzene rings is 3. The Hall–Kier alpha value is -3.72. The molecule has 0 saturated carbocycles. The van der Waals surface area contributed by atoms with Crippen LogP contribution in [0.2, 0.25) is 0 Å². The van der Waals surface area contributed by atoms with Crippen LogP contribution in [0.4, 0.5) is 28.9 Å². The van der Waals surface area contributed by atoms with Gasteiger partial charge >= 0.3 is 6.18 Å². The van der Waals surface area contributed by atoms with Gasteiger partial charge in [-0.25, -0.2) is 4.39 Å². The molecular formula is C26H25F4N3O2. The van der Waals surface area contributed by atoms with Gasteiger partial charge in [0.15, 0.2) is 0 Å². The van der Waals surface area contributed by atoms with Gasteiger partial charge < -0.3 is 10.6 Å². The Bertz CT molecular complexity index is 1190. The molecule has 0 atom stereocenters. The SMILES string of the molecule is CCN(CC)Cc1ccc(C(=O)Nc2ccc(NC(=O)c3ccccc3F)cc2C(F)(F)F)cc1. The second-order valence-corrected chi connectivity index (χ2v) is 7.80. The fourth-order valence-electron chi connectivity index (χ4n) is 3.47. The Kier molecular flexibility index (Phi) is 8.24. The Morgan fingerprint density at radius 2 is 1.51 bits per heavy atom. The van der Waals surface area contributed by atoms with Crippen molar-refractivity contribution in [1.82, 2.24) is 4.90 Å². The van der Waals surface area contributed by atoms with Crippen molar-refractivity contribution in [2.45, 2.75) is 26.6 Å². The molecule has 0 spiro atoms. The molecule has 3 aromatic rings. The van der Waals surface area contributed by atoms with E-state index in [0.717, 1.165) is 30.8 Å². The molecule has 3 rings (SSSR count). The summed E-state index contributed by atoms with van der Waals surface area (Å²) < 4.78 is 55.0. The van der Waals surface area contributed by atoms with Crippen molar-refractivity contribution in [3.8, 4) is 0 Å². The van der Waals surface area contributed by atoms with E-state index in [0.29, 0.717) is 12.6 Å². The van der Waals surface area contributed by atoms with Crippen molar-refractivity contribution >= 4 is 23.2 Å². The summed E-state index contributed by atoms with van der Waals surface area (Å²) in [4.78, 5) is 27.1. The van der Waals surface area contributed by atoms with E-state index in [2.05, 4.69) is 15.5 Å². The Balaban J connectivity index is 1.78. The van der Waals surface area contributed by atoms with Crippen LogP contribution in [0.15, 0.2) is 66.7 Å². The third-order valence-corrected chi connectivity index (χ3v) is 5.47. The van der Waals surface area contributed by atoms with Crippen molar-refractivity contribution in [2.24, 2.45) is 0 Å². The number of rotatable bonds is 8. The highest BCUT2D eigenvalue weighted by atomic mass is 19.4. The number of anilines is 2. The van der Waals surface area contributed by atoms with Gasteiger partial charge in [0.2, 0.25) is 0 Å². The molecule has 2 N–H and O–H groups in total. The molecular weight excluding hydrogens is 462 g/mol. The van der Waals surface area contributed by atoms with Crippen LogP contribution in [0.3, 0.4) is 0 Å². The molecule has 9 heteroatoms. The normalized spacial score (nSPS) is 11.4. The maximum atomic E-state index is 13.8. The molecule has 0 aliphatic carbocycles. The Morgan fingerprint density at radius 3 is 2.11 bits per heavy atom. The number of alkyl halides is 3. The summed E-state index contributed by atoms with van der Waals surface area (Å²) in [5.41, 5.74) is -0.907. The van der Waals surface area contributed by atoms with Crippen molar-refractivity contribution in [3.63, 3.8) is 0 Å². The third-order valence-electron chi connectivity index (χ3n) is 5.47. The van der Waals surface area contributed by atoms with E-state index in [1.165, 1.54) is 24.3 Å². The molecule has 0 aromatic heterocycles. The van der Waals surface area contributed by atoms with Gasteiger partial charge in [-0.15, -0.1) is 0 Å². The predicted molar refractivity (Wildman–Crippen MR) is 127 cm³/mol. The van der Waals surface area contributed by atoms with E-state index in [9.17, 15) is 27.2 Å². The lowest BCUT2D eigenvalue weighted by atomic mass is 10.1. The lowest BCUT2D eigenvalue weighted by Gasteiger charge is -2.18. The van der Waals surface area contributed by atoms with Gasteiger partial charge in [0.25, 0.3) is 11.8 Å². The highest BCUT2D eigenvalue weighted by molar-refractivity contribution is 6.06. The van der Waals surface area contributed by atoms with E-state index in [1.54, 1.807) is 24.3 Å². The molecule has 5 nitrogen and oxygen atoms in total. The van der Waals surface area contributed by atoms with Crippen LogP contribution in [0.5, 0.6) is 0 Å². The molecule has 0 saturated heterocycles. The maximum Gasteiger partial charge on any atom is 0.418 e. The molecule has 0 heterocycles. The predicted octanol–water partition coefficient (Wildman–Crippen LogP) is 6.19. The van der Waals surface area contributed by atoms with Crippen LogP contribution in [0, 0.1) is 5.82 Å². The minimum Gasteiger partial charge on any atom is -0.322 e. The van der Waals surface area contributed by atoms with E-state index < -0.39 is 35.1 Å². The summed E-state index contributed by atoms with van der Waals surface area (Å²) in [7, 11) is 0. The van der Waals surface area contributed by atoms with Crippen LogP contribution < -0.4 is 10.6 Å². The maximum absolute atomic E-state index is 13.8. The molecule has 35 heavy (non-hydrogen) atoms. The van der Waals surface area contributed by atoms with Crippen LogP contribution in [-0.2, 0) is 12.7 Å². The molecule has 0 aliphatic heterocycles. The summed E-state index contributed by atoms with van der Waals surface area (Å²) in [6.07, 6.45) is -4.81. The first-order valence-corrected chi connectivity index (χ1v) is 11.0. The van der Waals surface area contributed by atoms with Crippen LogP contribution in [0.1, 0.15) is 45.7 Å². The smallest absolute Gasteiger partial charge is 0.322 e. The van der Waals surface area contributed by atoms with E-state index in [1.807, 2.05) is 13.8 Å². The van der Waals surface area contributed by atoms with Crippen molar-refractivity contribution in [2.75, 3.05) is 23.7 Å². The number of carbonyl (C=O) groups excluding carboxylic acids is 2. The lowest BCUT2D eigenvalue weighted by molar-refractivity contribution is -0.136. The average molecular weight is 487 g/mol. The average Bonchev–Trinajstić information content (AvgIpc) is 2.83. The number of hydrogen-bond donors (Lipinski definition) is 2. The monoisotopic (exact) mass is 487 g/mol. The van der Waals surface area contributed by atoms with Gasteiger partial charge in [-0.2, -0.15) is 13.2 Å². The van der Waals surface area contributed by atoms with Gasteiger partial charge in [-0.05, 0) is 61.1 Å². The minimum absolute atomic E-state index is 0.190. The van der Waals surface area contributed by atoms with Crippen LogP contribution in [-0.4, -0.2) is 29.8 Å². The second kappa shape index (κ2) is 11.1.